The van der Waals surface area contributed by atoms with Crippen molar-refractivity contribution >= 4 is 33.8 Å². The van der Waals surface area contributed by atoms with Gasteiger partial charge in [-0.3, -0.25) is 0 Å². The van der Waals surface area contributed by atoms with E-state index in [0.29, 0.717) is 5.15 Å². The van der Waals surface area contributed by atoms with Crippen molar-refractivity contribution in [3.63, 3.8) is 0 Å². The standard InChI is InChI=1S/C7H5ClN4S/c8-6-3-5(1-2-9-6)11-7-12-10-4-13-7/h1-4H,(H,9,11,12). The summed E-state index contributed by atoms with van der Waals surface area (Å²) in [5.41, 5.74) is 2.52. The Kier molecular flexibility index (Phi) is 2.37. The van der Waals surface area contributed by atoms with E-state index >= 15 is 0 Å². The van der Waals surface area contributed by atoms with Crippen molar-refractivity contribution in [3.05, 3.63) is 29.0 Å². The van der Waals surface area contributed by atoms with Crippen LogP contribution < -0.4 is 5.32 Å². The Morgan fingerprint density at radius 3 is 3.08 bits per heavy atom. The number of nitrogens with one attached hydrogen (secondary N) is 1. The van der Waals surface area contributed by atoms with Gasteiger partial charge in [0.05, 0.1) is 0 Å². The van der Waals surface area contributed by atoms with E-state index in [1.165, 1.54) is 11.3 Å². The van der Waals surface area contributed by atoms with Gasteiger partial charge in [-0.15, -0.1) is 10.2 Å². The maximum atomic E-state index is 5.70. The molecule has 0 amide bonds. The molecule has 0 aliphatic rings. The van der Waals surface area contributed by atoms with Gasteiger partial charge < -0.3 is 5.32 Å². The first kappa shape index (κ1) is 8.40. The van der Waals surface area contributed by atoms with E-state index < -0.39 is 0 Å². The lowest BCUT2D eigenvalue weighted by molar-refractivity contribution is 1.09. The molecule has 0 atom stereocenters. The molecular formula is C7H5ClN4S. The van der Waals surface area contributed by atoms with E-state index in [1.807, 2.05) is 6.07 Å². The monoisotopic (exact) mass is 212 g/mol. The minimum atomic E-state index is 0.453. The van der Waals surface area contributed by atoms with Crippen LogP contribution in [0, 0.1) is 0 Å². The number of nitrogens with zero attached hydrogens (tertiary/aromatic N) is 3. The highest BCUT2D eigenvalue weighted by atomic mass is 35.5. The lowest BCUT2D eigenvalue weighted by Crippen LogP contribution is -1.89. The zero-order chi connectivity index (χ0) is 9.10. The molecule has 0 unspecified atom stereocenters. The smallest absolute Gasteiger partial charge is 0.209 e. The Morgan fingerprint density at radius 2 is 2.38 bits per heavy atom. The second-order valence-electron chi connectivity index (χ2n) is 2.24. The Hall–Kier alpha value is -1.20. The highest BCUT2D eigenvalue weighted by Gasteiger charge is 1.97. The van der Waals surface area contributed by atoms with Gasteiger partial charge in [0.15, 0.2) is 0 Å². The van der Waals surface area contributed by atoms with Crippen molar-refractivity contribution in [2.45, 2.75) is 0 Å². The predicted molar refractivity (Wildman–Crippen MR) is 52.4 cm³/mol. The maximum absolute atomic E-state index is 5.70. The molecular weight excluding hydrogens is 208 g/mol. The van der Waals surface area contributed by atoms with Crippen molar-refractivity contribution in [1.29, 1.82) is 0 Å². The summed E-state index contributed by atoms with van der Waals surface area (Å²) in [6.07, 6.45) is 1.63. The number of rotatable bonds is 2. The summed E-state index contributed by atoms with van der Waals surface area (Å²) in [5.74, 6) is 0. The van der Waals surface area contributed by atoms with E-state index in [4.69, 9.17) is 11.6 Å². The van der Waals surface area contributed by atoms with Crippen LogP contribution in [0.3, 0.4) is 0 Å². The second-order valence-corrected chi connectivity index (χ2v) is 3.46. The van der Waals surface area contributed by atoms with Gasteiger partial charge in [0.2, 0.25) is 5.13 Å². The van der Waals surface area contributed by atoms with Crippen LogP contribution >= 0.6 is 22.9 Å². The number of hydrogen-bond acceptors (Lipinski definition) is 5. The molecule has 6 heteroatoms. The summed E-state index contributed by atoms with van der Waals surface area (Å²) in [6, 6.07) is 3.54. The lowest BCUT2D eigenvalue weighted by atomic mass is 10.4. The third-order valence-electron chi connectivity index (χ3n) is 1.34. The van der Waals surface area contributed by atoms with Crippen LogP contribution in [-0.2, 0) is 0 Å². The van der Waals surface area contributed by atoms with Gasteiger partial charge >= 0.3 is 0 Å². The van der Waals surface area contributed by atoms with Crippen LogP contribution in [0.1, 0.15) is 0 Å². The summed E-state index contributed by atoms with van der Waals surface area (Å²) < 4.78 is 0. The second kappa shape index (κ2) is 3.68. The molecule has 1 N–H and O–H groups in total. The third-order valence-corrected chi connectivity index (χ3v) is 2.15. The van der Waals surface area contributed by atoms with Gasteiger partial charge in [-0.2, -0.15) is 0 Å². The molecule has 13 heavy (non-hydrogen) atoms. The van der Waals surface area contributed by atoms with Crippen LogP contribution in [0.2, 0.25) is 5.15 Å². The first-order chi connectivity index (χ1) is 6.34. The molecule has 2 heterocycles. The molecule has 2 aromatic heterocycles. The van der Waals surface area contributed by atoms with E-state index in [2.05, 4.69) is 20.5 Å². The van der Waals surface area contributed by atoms with E-state index in [1.54, 1.807) is 17.8 Å². The average molecular weight is 213 g/mol. The average Bonchev–Trinajstić information content (AvgIpc) is 2.57. The molecule has 0 saturated heterocycles. The SMILES string of the molecule is Clc1cc(Nc2nncs2)ccn1. The molecule has 4 nitrogen and oxygen atoms in total. The molecule has 0 bridgehead atoms. The number of hydrogen-bond donors (Lipinski definition) is 1. The highest BCUT2D eigenvalue weighted by molar-refractivity contribution is 7.13. The van der Waals surface area contributed by atoms with Gasteiger partial charge in [-0.25, -0.2) is 4.98 Å². The summed E-state index contributed by atoms with van der Waals surface area (Å²) in [6.45, 7) is 0. The molecule has 0 fully saturated rings. The minimum absolute atomic E-state index is 0.453. The quantitative estimate of drug-likeness (QED) is 0.777. The number of pyridine rings is 1. The van der Waals surface area contributed by atoms with Crippen LogP contribution in [0.5, 0.6) is 0 Å². The van der Waals surface area contributed by atoms with Gasteiger partial charge in [0.1, 0.15) is 10.7 Å². The first-order valence-electron chi connectivity index (χ1n) is 3.49. The maximum Gasteiger partial charge on any atom is 0.209 e. The molecule has 2 aromatic rings. The molecule has 0 aliphatic heterocycles. The van der Waals surface area contributed by atoms with Crippen molar-refractivity contribution in [1.82, 2.24) is 15.2 Å². The number of anilines is 2. The zero-order valence-electron chi connectivity index (χ0n) is 6.44. The van der Waals surface area contributed by atoms with Crippen LogP contribution in [0.25, 0.3) is 0 Å². The van der Waals surface area contributed by atoms with E-state index in [0.717, 1.165) is 10.8 Å². The normalized spacial score (nSPS) is 9.92. The molecule has 0 aromatic carbocycles. The fraction of sp³-hybridized carbons (Fsp3) is 0. The number of halogens is 1. The summed E-state index contributed by atoms with van der Waals surface area (Å²) in [5, 5.41) is 11.8. The molecule has 0 aliphatic carbocycles. The van der Waals surface area contributed by atoms with Crippen LogP contribution in [0.15, 0.2) is 23.8 Å². The van der Waals surface area contributed by atoms with Gasteiger partial charge in [0, 0.05) is 11.9 Å². The van der Waals surface area contributed by atoms with Crippen molar-refractivity contribution in [2.75, 3.05) is 5.32 Å². The van der Waals surface area contributed by atoms with Gasteiger partial charge in [-0.1, -0.05) is 22.9 Å². The number of aromatic nitrogens is 3. The van der Waals surface area contributed by atoms with Gasteiger partial charge in [0.25, 0.3) is 0 Å². The third kappa shape index (κ3) is 2.13. The van der Waals surface area contributed by atoms with E-state index in [9.17, 15) is 0 Å². The molecule has 0 spiro atoms. The van der Waals surface area contributed by atoms with Crippen LogP contribution in [0.4, 0.5) is 10.8 Å². The predicted octanol–water partition coefficient (Wildman–Crippen LogP) is 2.33. The van der Waals surface area contributed by atoms with Gasteiger partial charge in [-0.05, 0) is 12.1 Å². The largest absolute Gasteiger partial charge is 0.330 e. The topological polar surface area (TPSA) is 50.7 Å². The molecule has 0 radical (unpaired) electrons. The molecule has 2 rings (SSSR count). The van der Waals surface area contributed by atoms with E-state index in [-0.39, 0.29) is 0 Å². The van der Waals surface area contributed by atoms with Crippen LogP contribution in [-0.4, -0.2) is 15.2 Å². The Labute approximate surface area is 83.6 Å². The van der Waals surface area contributed by atoms with Crippen molar-refractivity contribution in [3.8, 4) is 0 Å². The summed E-state index contributed by atoms with van der Waals surface area (Å²) in [7, 11) is 0. The lowest BCUT2D eigenvalue weighted by Gasteiger charge is -2.00. The molecule has 0 saturated carbocycles. The van der Waals surface area contributed by atoms with Crippen molar-refractivity contribution < 1.29 is 0 Å². The fourth-order valence-corrected chi connectivity index (χ4v) is 1.47. The Morgan fingerprint density at radius 1 is 1.46 bits per heavy atom. The molecule has 66 valence electrons. The Bertz CT molecular complexity index is 389. The Balaban J connectivity index is 2.19. The zero-order valence-corrected chi connectivity index (χ0v) is 8.01. The summed E-state index contributed by atoms with van der Waals surface area (Å²) >= 11 is 7.13. The first-order valence-corrected chi connectivity index (χ1v) is 4.75. The van der Waals surface area contributed by atoms with Crippen molar-refractivity contribution in [2.24, 2.45) is 0 Å². The summed E-state index contributed by atoms with van der Waals surface area (Å²) in [4.78, 5) is 3.86. The fourth-order valence-electron chi connectivity index (χ4n) is 0.831. The highest BCUT2D eigenvalue weighted by Crippen LogP contribution is 2.18. The minimum Gasteiger partial charge on any atom is -0.330 e.